The normalized spacial score (nSPS) is 20.7. The van der Waals surface area contributed by atoms with E-state index in [0.717, 1.165) is 31.2 Å². The molecular weight excluding hydrogens is 272 g/mol. The Morgan fingerprint density at radius 3 is 2.19 bits per heavy atom. The van der Waals surface area contributed by atoms with E-state index in [9.17, 15) is 13.9 Å². The van der Waals surface area contributed by atoms with Gasteiger partial charge in [0.15, 0.2) is 0 Å². The van der Waals surface area contributed by atoms with E-state index in [2.05, 4.69) is 19.2 Å². The second-order valence-electron chi connectivity index (χ2n) is 7.03. The first-order valence-corrected chi connectivity index (χ1v) is 7.60. The highest BCUT2D eigenvalue weighted by atomic mass is 19.3. The molecule has 2 nitrogen and oxygen atoms in total. The van der Waals surface area contributed by atoms with Crippen LogP contribution in [0.5, 0.6) is 0 Å². The molecule has 118 valence electrons. The van der Waals surface area contributed by atoms with Gasteiger partial charge in [-0.15, -0.1) is 0 Å². The van der Waals surface area contributed by atoms with Crippen LogP contribution in [0, 0.1) is 5.41 Å². The average molecular weight is 297 g/mol. The monoisotopic (exact) mass is 297 g/mol. The van der Waals surface area contributed by atoms with E-state index in [1.165, 1.54) is 12.1 Å². The molecule has 0 aromatic heterocycles. The maximum absolute atomic E-state index is 12.5. The molecule has 0 amide bonds. The fourth-order valence-electron chi connectivity index (χ4n) is 2.79. The van der Waals surface area contributed by atoms with Crippen LogP contribution >= 0.6 is 0 Å². The molecule has 0 heterocycles. The van der Waals surface area contributed by atoms with Gasteiger partial charge in [0, 0.05) is 18.7 Å². The summed E-state index contributed by atoms with van der Waals surface area (Å²) < 4.78 is 24.9. The Morgan fingerprint density at radius 1 is 1.10 bits per heavy atom. The van der Waals surface area contributed by atoms with Crippen LogP contribution < -0.4 is 5.32 Å². The van der Waals surface area contributed by atoms with Gasteiger partial charge in [0.25, 0.3) is 6.43 Å². The van der Waals surface area contributed by atoms with E-state index in [1.54, 1.807) is 12.1 Å². The Balaban J connectivity index is 1.79. The maximum atomic E-state index is 12.5. The Morgan fingerprint density at radius 2 is 1.67 bits per heavy atom. The second kappa shape index (κ2) is 6.41. The van der Waals surface area contributed by atoms with Crippen LogP contribution in [0.4, 0.5) is 8.78 Å². The molecule has 21 heavy (non-hydrogen) atoms. The fraction of sp³-hybridized carbons (Fsp3) is 0.647. The predicted molar refractivity (Wildman–Crippen MR) is 80.3 cm³/mol. The van der Waals surface area contributed by atoms with E-state index in [-0.39, 0.29) is 5.56 Å². The molecule has 0 saturated heterocycles. The summed E-state index contributed by atoms with van der Waals surface area (Å²) in [6, 6.07) is 6.34. The molecule has 1 fully saturated rings. The van der Waals surface area contributed by atoms with Crippen molar-refractivity contribution in [1.82, 2.24) is 5.32 Å². The number of hydrogen-bond donors (Lipinski definition) is 2. The van der Waals surface area contributed by atoms with Crippen molar-refractivity contribution in [1.29, 1.82) is 0 Å². The summed E-state index contributed by atoms with van der Waals surface area (Å²) in [6.45, 7) is 5.63. The summed E-state index contributed by atoms with van der Waals surface area (Å²) in [5.41, 5.74) is 0.710. The van der Waals surface area contributed by atoms with Gasteiger partial charge in [-0.1, -0.05) is 38.1 Å². The number of alkyl halides is 2. The van der Waals surface area contributed by atoms with E-state index in [0.29, 0.717) is 18.5 Å². The maximum Gasteiger partial charge on any atom is 0.263 e. The molecule has 2 N–H and O–H groups in total. The first-order chi connectivity index (χ1) is 9.80. The Labute approximate surface area is 125 Å². The van der Waals surface area contributed by atoms with Crippen LogP contribution in [0.1, 0.15) is 57.1 Å². The first kappa shape index (κ1) is 16.4. The minimum atomic E-state index is -2.42. The van der Waals surface area contributed by atoms with Crippen molar-refractivity contribution in [2.45, 2.75) is 58.1 Å². The van der Waals surface area contributed by atoms with Crippen LogP contribution in [-0.2, 0) is 6.54 Å². The molecule has 1 saturated carbocycles. The topological polar surface area (TPSA) is 32.3 Å². The quantitative estimate of drug-likeness (QED) is 0.859. The van der Waals surface area contributed by atoms with Gasteiger partial charge >= 0.3 is 0 Å². The molecule has 1 aliphatic carbocycles. The van der Waals surface area contributed by atoms with Gasteiger partial charge in [-0.25, -0.2) is 8.78 Å². The third kappa shape index (κ3) is 4.75. The van der Waals surface area contributed by atoms with E-state index >= 15 is 0 Å². The Bertz CT molecular complexity index is 446. The summed E-state index contributed by atoms with van der Waals surface area (Å²) in [6.07, 6.45) is 1.29. The zero-order valence-electron chi connectivity index (χ0n) is 12.8. The van der Waals surface area contributed by atoms with Crippen LogP contribution in [0.2, 0.25) is 0 Å². The number of rotatable bonds is 5. The summed E-state index contributed by atoms with van der Waals surface area (Å²) >= 11 is 0. The van der Waals surface area contributed by atoms with Crippen LogP contribution in [0.15, 0.2) is 24.3 Å². The van der Waals surface area contributed by atoms with Crippen molar-refractivity contribution < 1.29 is 13.9 Å². The molecule has 0 bridgehead atoms. The number of nitrogens with one attached hydrogen (secondary N) is 1. The highest BCUT2D eigenvalue weighted by Crippen LogP contribution is 2.39. The predicted octanol–water partition coefficient (Wildman–Crippen LogP) is 4.05. The van der Waals surface area contributed by atoms with Gasteiger partial charge < -0.3 is 10.4 Å². The minimum Gasteiger partial charge on any atom is -0.389 e. The lowest BCUT2D eigenvalue weighted by atomic mass is 9.71. The summed E-state index contributed by atoms with van der Waals surface area (Å²) in [7, 11) is 0. The standard InChI is InChI=1S/C17H25F2NO/c1-16(2)7-9-17(21,10-8-16)12-20-11-13-3-5-14(6-4-13)15(18)19/h3-6,15,20-21H,7-12H2,1-2H3. The Hall–Kier alpha value is -1.00. The lowest BCUT2D eigenvalue weighted by Crippen LogP contribution is -2.44. The number of aliphatic hydroxyl groups is 1. The van der Waals surface area contributed by atoms with Gasteiger partial charge in [-0.2, -0.15) is 0 Å². The summed E-state index contributed by atoms with van der Waals surface area (Å²) in [5.74, 6) is 0. The molecule has 4 heteroatoms. The van der Waals surface area contributed by atoms with Crippen molar-refractivity contribution in [3.63, 3.8) is 0 Å². The van der Waals surface area contributed by atoms with Crippen molar-refractivity contribution in [2.75, 3.05) is 6.54 Å². The smallest absolute Gasteiger partial charge is 0.263 e. The number of halogens is 2. The van der Waals surface area contributed by atoms with Crippen molar-refractivity contribution in [3.05, 3.63) is 35.4 Å². The fourth-order valence-corrected chi connectivity index (χ4v) is 2.79. The molecule has 1 aromatic carbocycles. The third-order valence-corrected chi connectivity index (χ3v) is 4.55. The lowest BCUT2D eigenvalue weighted by molar-refractivity contribution is -0.0245. The van der Waals surface area contributed by atoms with Gasteiger partial charge in [0.1, 0.15) is 0 Å². The molecule has 0 atom stereocenters. The molecule has 1 aromatic rings. The molecule has 0 aliphatic heterocycles. The van der Waals surface area contributed by atoms with Gasteiger partial charge in [-0.3, -0.25) is 0 Å². The van der Waals surface area contributed by atoms with Crippen LogP contribution in [0.3, 0.4) is 0 Å². The van der Waals surface area contributed by atoms with Gasteiger partial charge in [-0.05, 0) is 36.7 Å². The molecular formula is C17H25F2NO. The zero-order chi connectivity index (χ0) is 15.5. The minimum absolute atomic E-state index is 0.0480. The number of hydrogen-bond acceptors (Lipinski definition) is 2. The summed E-state index contributed by atoms with van der Waals surface area (Å²) in [5, 5.41) is 13.8. The highest BCUT2D eigenvalue weighted by Gasteiger charge is 2.36. The van der Waals surface area contributed by atoms with E-state index in [4.69, 9.17) is 0 Å². The molecule has 0 spiro atoms. The van der Waals surface area contributed by atoms with Gasteiger partial charge in [0.2, 0.25) is 0 Å². The average Bonchev–Trinajstić information content (AvgIpc) is 2.43. The number of benzene rings is 1. The molecule has 0 radical (unpaired) electrons. The molecule has 1 aliphatic rings. The van der Waals surface area contributed by atoms with Gasteiger partial charge in [0.05, 0.1) is 5.60 Å². The van der Waals surface area contributed by atoms with Crippen LogP contribution in [-0.4, -0.2) is 17.3 Å². The molecule has 0 unspecified atom stereocenters. The van der Waals surface area contributed by atoms with Crippen molar-refractivity contribution in [3.8, 4) is 0 Å². The van der Waals surface area contributed by atoms with Crippen molar-refractivity contribution >= 4 is 0 Å². The second-order valence-corrected chi connectivity index (χ2v) is 7.03. The van der Waals surface area contributed by atoms with Crippen molar-refractivity contribution in [2.24, 2.45) is 5.41 Å². The van der Waals surface area contributed by atoms with E-state index < -0.39 is 12.0 Å². The SMILES string of the molecule is CC1(C)CCC(O)(CNCc2ccc(C(F)F)cc2)CC1. The zero-order valence-corrected chi connectivity index (χ0v) is 12.8. The van der Waals surface area contributed by atoms with E-state index in [1.807, 2.05) is 0 Å². The first-order valence-electron chi connectivity index (χ1n) is 7.60. The molecule has 2 rings (SSSR count). The van der Waals surface area contributed by atoms with Crippen LogP contribution in [0.25, 0.3) is 0 Å². The lowest BCUT2D eigenvalue weighted by Gasteiger charge is -2.40. The largest absolute Gasteiger partial charge is 0.389 e. The highest BCUT2D eigenvalue weighted by molar-refractivity contribution is 5.23. The third-order valence-electron chi connectivity index (χ3n) is 4.55. The summed E-state index contributed by atoms with van der Waals surface area (Å²) in [4.78, 5) is 0. The Kier molecular flexibility index (Phi) is 4.99.